The van der Waals surface area contributed by atoms with Crippen LogP contribution in [0.2, 0.25) is 0 Å². The zero-order valence-corrected chi connectivity index (χ0v) is 18.4. The van der Waals surface area contributed by atoms with Gasteiger partial charge in [0, 0.05) is 35.3 Å². The van der Waals surface area contributed by atoms with E-state index in [4.69, 9.17) is 12.2 Å². The van der Waals surface area contributed by atoms with E-state index < -0.39 is 5.25 Å². The summed E-state index contributed by atoms with van der Waals surface area (Å²) in [4.78, 5) is 30.9. The van der Waals surface area contributed by atoms with Crippen LogP contribution in [-0.2, 0) is 9.59 Å². The van der Waals surface area contributed by atoms with E-state index in [0.717, 1.165) is 34.5 Å². The van der Waals surface area contributed by atoms with Gasteiger partial charge in [-0.15, -0.1) is 18.3 Å². The number of hydrogen-bond donors (Lipinski definition) is 3. The fraction of sp³-hybridized carbons (Fsp3) is 0.174. The van der Waals surface area contributed by atoms with Crippen molar-refractivity contribution < 1.29 is 9.59 Å². The highest BCUT2D eigenvalue weighted by molar-refractivity contribution is 8.00. The number of carbonyl (C=O) groups excluding carboxylic acids is 2. The smallest absolute Gasteiger partial charge is 0.247 e. The molecule has 31 heavy (non-hydrogen) atoms. The molecule has 0 aliphatic carbocycles. The van der Waals surface area contributed by atoms with Crippen LogP contribution in [0.5, 0.6) is 0 Å². The van der Waals surface area contributed by atoms with Gasteiger partial charge in [-0.2, -0.15) is 0 Å². The van der Waals surface area contributed by atoms with Crippen LogP contribution in [0.25, 0.3) is 10.9 Å². The summed E-state index contributed by atoms with van der Waals surface area (Å²) in [6.45, 7) is 4.41. The van der Waals surface area contributed by atoms with Crippen LogP contribution in [0.1, 0.15) is 12.8 Å². The molecule has 0 spiro atoms. The van der Waals surface area contributed by atoms with E-state index in [0.29, 0.717) is 10.8 Å². The van der Waals surface area contributed by atoms with Gasteiger partial charge in [-0.3, -0.25) is 9.59 Å². The van der Waals surface area contributed by atoms with Crippen LogP contribution >= 0.6 is 24.0 Å². The lowest BCUT2D eigenvalue weighted by Gasteiger charge is -2.15. The highest BCUT2D eigenvalue weighted by atomic mass is 32.2. The number of thiocarbonyl (C=S) groups is 1. The molecular weight excluding hydrogens is 428 g/mol. The van der Waals surface area contributed by atoms with E-state index in [1.165, 1.54) is 16.7 Å². The monoisotopic (exact) mass is 450 g/mol. The van der Waals surface area contributed by atoms with E-state index in [-0.39, 0.29) is 18.2 Å². The van der Waals surface area contributed by atoms with Crippen molar-refractivity contribution in [2.45, 2.75) is 23.0 Å². The molecule has 1 aromatic heterocycles. The topological polar surface area (TPSA) is 77.2 Å². The molecule has 158 valence electrons. The predicted octanol–water partition coefficient (Wildman–Crippen LogP) is 4.45. The first kappa shape index (κ1) is 21.1. The lowest BCUT2D eigenvalue weighted by molar-refractivity contribution is -0.121. The summed E-state index contributed by atoms with van der Waals surface area (Å²) in [5, 5.41) is 7.37. The van der Waals surface area contributed by atoms with Crippen molar-refractivity contribution in [1.29, 1.82) is 0 Å². The van der Waals surface area contributed by atoms with Crippen molar-refractivity contribution in [3.63, 3.8) is 0 Å². The van der Waals surface area contributed by atoms with E-state index in [1.54, 1.807) is 0 Å². The third-order valence-corrected chi connectivity index (χ3v) is 6.37. The number of benzene rings is 2. The molecule has 4 rings (SSSR count). The second-order valence-corrected chi connectivity index (χ2v) is 8.79. The number of aromatic nitrogens is 1. The first-order chi connectivity index (χ1) is 15.0. The van der Waals surface area contributed by atoms with Crippen molar-refractivity contribution in [3.8, 4) is 0 Å². The molecule has 3 aromatic rings. The molecule has 0 bridgehead atoms. The molecule has 1 aliphatic heterocycles. The van der Waals surface area contributed by atoms with Gasteiger partial charge in [0.05, 0.1) is 10.9 Å². The summed E-state index contributed by atoms with van der Waals surface area (Å²) in [5.41, 5.74) is 2.36. The van der Waals surface area contributed by atoms with Crippen LogP contribution in [0, 0.1) is 0 Å². The molecule has 0 saturated carbocycles. The summed E-state index contributed by atoms with van der Waals surface area (Å²) in [6, 6.07) is 15.2. The van der Waals surface area contributed by atoms with Crippen LogP contribution in [-0.4, -0.2) is 33.7 Å². The Bertz CT molecular complexity index is 1140. The first-order valence-corrected chi connectivity index (χ1v) is 11.2. The normalized spacial score (nSPS) is 16.0. The zero-order valence-electron chi connectivity index (χ0n) is 16.8. The highest BCUT2D eigenvalue weighted by Crippen LogP contribution is 2.35. The number of nitrogens with one attached hydrogen (secondary N) is 3. The quantitative estimate of drug-likeness (QED) is 0.214. The molecule has 1 unspecified atom stereocenters. The lowest BCUT2D eigenvalue weighted by atomic mass is 10.2. The van der Waals surface area contributed by atoms with Crippen molar-refractivity contribution in [3.05, 3.63) is 67.4 Å². The molecular formula is C23H22N4O2S2. The molecule has 3 N–H and O–H groups in total. The number of carbonyl (C=O) groups is 2. The van der Waals surface area contributed by atoms with E-state index >= 15 is 0 Å². The summed E-state index contributed by atoms with van der Waals surface area (Å²) >= 11 is 6.66. The minimum atomic E-state index is -0.438. The Hall–Kier alpha value is -3.10. The number of fused-ring (bicyclic) bond motifs is 1. The maximum absolute atomic E-state index is 13.0. The van der Waals surface area contributed by atoms with Gasteiger partial charge in [-0.25, -0.2) is 4.90 Å². The second kappa shape index (κ2) is 9.36. The van der Waals surface area contributed by atoms with E-state index in [1.807, 2.05) is 60.8 Å². The van der Waals surface area contributed by atoms with Gasteiger partial charge >= 0.3 is 0 Å². The van der Waals surface area contributed by atoms with Gasteiger partial charge < -0.3 is 15.6 Å². The highest BCUT2D eigenvalue weighted by Gasteiger charge is 2.40. The Kier molecular flexibility index (Phi) is 6.39. The van der Waals surface area contributed by atoms with Crippen LogP contribution in [0.3, 0.4) is 0 Å². The SMILES string of the molecule is C=CCCNC(=S)Nc1ccc(SC2CC(=O)N(c3ccc4cc[nH]c4c3)C2=O)cc1. The lowest BCUT2D eigenvalue weighted by Crippen LogP contribution is -2.31. The zero-order chi connectivity index (χ0) is 21.8. The maximum Gasteiger partial charge on any atom is 0.247 e. The number of anilines is 2. The van der Waals surface area contributed by atoms with Gasteiger partial charge in [-0.1, -0.05) is 12.1 Å². The largest absolute Gasteiger partial charge is 0.362 e. The number of amides is 2. The Morgan fingerprint density at radius 1 is 1.23 bits per heavy atom. The van der Waals surface area contributed by atoms with Crippen LogP contribution < -0.4 is 15.5 Å². The van der Waals surface area contributed by atoms with Crippen LogP contribution in [0.4, 0.5) is 11.4 Å². The Labute approximate surface area is 190 Å². The second-order valence-electron chi connectivity index (χ2n) is 7.11. The number of hydrogen-bond acceptors (Lipinski definition) is 4. The van der Waals surface area contributed by atoms with Gasteiger partial charge in [0.2, 0.25) is 11.8 Å². The molecule has 1 atom stereocenters. The maximum atomic E-state index is 13.0. The molecule has 2 aromatic carbocycles. The molecule has 2 heterocycles. The average molecular weight is 451 g/mol. The average Bonchev–Trinajstić information content (AvgIpc) is 3.33. The number of thioether (sulfide) groups is 1. The van der Waals surface area contributed by atoms with E-state index in [2.05, 4.69) is 22.2 Å². The molecule has 2 amide bonds. The number of nitrogens with zero attached hydrogens (tertiary/aromatic N) is 1. The van der Waals surface area contributed by atoms with Gasteiger partial charge in [-0.05, 0) is 66.5 Å². The Balaban J connectivity index is 1.39. The third kappa shape index (κ3) is 4.81. The third-order valence-electron chi connectivity index (χ3n) is 4.93. The minimum Gasteiger partial charge on any atom is -0.362 e. The first-order valence-electron chi connectivity index (χ1n) is 9.91. The van der Waals surface area contributed by atoms with Crippen molar-refractivity contribution in [1.82, 2.24) is 10.3 Å². The molecule has 1 fully saturated rings. The minimum absolute atomic E-state index is 0.178. The molecule has 1 aliphatic rings. The van der Waals surface area contributed by atoms with Crippen molar-refractivity contribution in [2.24, 2.45) is 0 Å². The van der Waals surface area contributed by atoms with E-state index in [9.17, 15) is 9.59 Å². The number of imide groups is 1. The molecule has 6 nitrogen and oxygen atoms in total. The number of H-pyrrole nitrogens is 1. The van der Waals surface area contributed by atoms with Crippen LogP contribution in [0.15, 0.2) is 72.3 Å². The molecule has 1 saturated heterocycles. The van der Waals surface area contributed by atoms with Gasteiger partial charge in [0.15, 0.2) is 5.11 Å². The fourth-order valence-corrected chi connectivity index (χ4v) is 4.66. The van der Waals surface area contributed by atoms with Gasteiger partial charge in [0.25, 0.3) is 0 Å². The predicted molar refractivity (Wildman–Crippen MR) is 131 cm³/mol. The molecule has 0 radical (unpaired) electrons. The van der Waals surface area contributed by atoms with Crippen molar-refractivity contribution in [2.75, 3.05) is 16.8 Å². The summed E-state index contributed by atoms with van der Waals surface area (Å²) < 4.78 is 0. The van der Waals surface area contributed by atoms with Gasteiger partial charge in [0.1, 0.15) is 0 Å². The summed E-state index contributed by atoms with van der Waals surface area (Å²) in [5.74, 6) is -0.363. The number of aromatic amines is 1. The Morgan fingerprint density at radius 2 is 2.03 bits per heavy atom. The number of rotatable bonds is 7. The summed E-state index contributed by atoms with van der Waals surface area (Å²) in [7, 11) is 0. The summed E-state index contributed by atoms with van der Waals surface area (Å²) in [6.07, 6.45) is 4.69. The fourth-order valence-electron chi connectivity index (χ4n) is 3.39. The Morgan fingerprint density at radius 3 is 2.81 bits per heavy atom. The molecule has 8 heteroatoms. The standard InChI is InChI=1S/C23H22N4O2S2/c1-2-3-11-25-23(30)26-16-5-8-18(9-6-16)31-20-14-21(28)27(22(20)29)17-7-4-15-10-12-24-19(15)13-17/h2,4-10,12-13,20,24H,1,3,11,14H2,(H2,25,26,30). The van der Waals surface area contributed by atoms with Crippen molar-refractivity contribution >= 4 is 63.2 Å².